The summed E-state index contributed by atoms with van der Waals surface area (Å²) in [7, 11) is 1.57. The molecule has 0 unspecified atom stereocenters. The van der Waals surface area contributed by atoms with Crippen LogP contribution in [-0.2, 0) is 0 Å². The minimum atomic E-state index is 0.203. The van der Waals surface area contributed by atoms with Crippen LogP contribution in [0.4, 0.5) is 11.5 Å². The van der Waals surface area contributed by atoms with Crippen LogP contribution in [0.5, 0.6) is 5.75 Å². The van der Waals surface area contributed by atoms with Gasteiger partial charge in [0.1, 0.15) is 22.5 Å². The Labute approximate surface area is 128 Å². The maximum atomic E-state index is 6.01. The molecule has 0 aliphatic carbocycles. The van der Waals surface area contributed by atoms with Crippen LogP contribution in [0, 0.1) is 0 Å². The highest BCUT2D eigenvalue weighted by Gasteiger charge is 2.08. The van der Waals surface area contributed by atoms with Crippen LogP contribution >= 0.6 is 23.2 Å². The van der Waals surface area contributed by atoms with Gasteiger partial charge in [-0.3, -0.25) is 0 Å². The van der Waals surface area contributed by atoms with Gasteiger partial charge in [0.15, 0.2) is 0 Å². The third-order valence-electron chi connectivity index (χ3n) is 2.65. The minimum absolute atomic E-state index is 0.203. The molecule has 20 heavy (non-hydrogen) atoms. The maximum Gasteiger partial charge on any atom is 0.139 e. The molecule has 6 heteroatoms. The summed E-state index contributed by atoms with van der Waals surface area (Å²) in [6.07, 6.45) is 0. The second-order valence-electron chi connectivity index (χ2n) is 4.56. The lowest BCUT2D eigenvalue weighted by Gasteiger charge is -2.11. The fourth-order valence-corrected chi connectivity index (χ4v) is 2.03. The summed E-state index contributed by atoms with van der Waals surface area (Å²) in [5.41, 5.74) is 0.815. The van der Waals surface area contributed by atoms with E-state index in [0.29, 0.717) is 27.6 Å². The van der Waals surface area contributed by atoms with E-state index in [1.54, 1.807) is 25.3 Å². The van der Waals surface area contributed by atoms with Gasteiger partial charge in [0.05, 0.1) is 12.1 Å². The molecule has 0 amide bonds. The number of benzene rings is 1. The fourth-order valence-electron chi connectivity index (χ4n) is 1.64. The second-order valence-corrected chi connectivity index (χ2v) is 5.36. The second kappa shape index (κ2) is 6.29. The summed E-state index contributed by atoms with van der Waals surface area (Å²) in [5, 5.41) is 4.13. The van der Waals surface area contributed by atoms with E-state index in [1.165, 1.54) is 0 Å². The van der Waals surface area contributed by atoms with Gasteiger partial charge in [-0.05, 0) is 12.1 Å². The van der Waals surface area contributed by atoms with Crippen molar-refractivity contribution in [1.29, 1.82) is 0 Å². The Morgan fingerprint density at radius 2 is 1.90 bits per heavy atom. The molecule has 0 radical (unpaired) electrons. The Bertz CT molecular complexity index is 617. The van der Waals surface area contributed by atoms with Gasteiger partial charge in [0.2, 0.25) is 0 Å². The Hall–Kier alpha value is -1.52. The number of nitrogens with zero attached hydrogens (tertiary/aromatic N) is 2. The van der Waals surface area contributed by atoms with E-state index in [4.69, 9.17) is 27.9 Å². The van der Waals surface area contributed by atoms with Crippen LogP contribution in [0.25, 0.3) is 0 Å². The molecular weight excluding hydrogens is 297 g/mol. The van der Waals surface area contributed by atoms with E-state index in [1.807, 2.05) is 19.9 Å². The predicted molar refractivity (Wildman–Crippen MR) is 82.4 cm³/mol. The number of rotatable bonds is 4. The molecule has 4 nitrogen and oxygen atoms in total. The lowest BCUT2D eigenvalue weighted by Crippen LogP contribution is -2.02. The first-order chi connectivity index (χ1) is 9.49. The molecule has 2 aromatic rings. The van der Waals surface area contributed by atoms with Crippen molar-refractivity contribution in [2.24, 2.45) is 0 Å². The molecule has 1 heterocycles. The summed E-state index contributed by atoms with van der Waals surface area (Å²) in [6, 6.07) is 7.08. The summed E-state index contributed by atoms with van der Waals surface area (Å²) in [4.78, 5) is 8.62. The van der Waals surface area contributed by atoms with Crippen molar-refractivity contribution >= 4 is 34.7 Å². The largest absolute Gasteiger partial charge is 0.495 e. The van der Waals surface area contributed by atoms with Crippen molar-refractivity contribution in [3.05, 3.63) is 40.3 Å². The van der Waals surface area contributed by atoms with Crippen molar-refractivity contribution in [3.8, 4) is 5.75 Å². The van der Waals surface area contributed by atoms with Crippen LogP contribution in [-0.4, -0.2) is 17.1 Å². The van der Waals surface area contributed by atoms with E-state index < -0.39 is 0 Å². The van der Waals surface area contributed by atoms with Crippen LogP contribution in [0.2, 0.25) is 10.2 Å². The quantitative estimate of drug-likeness (QED) is 0.834. The first-order valence-electron chi connectivity index (χ1n) is 6.14. The summed E-state index contributed by atoms with van der Waals surface area (Å²) >= 11 is 12.0. The molecule has 0 atom stereocenters. The zero-order chi connectivity index (χ0) is 14.7. The van der Waals surface area contributed by atoms with Crippen LogP contribution < -0.4 is 10.1 Å². The highest BCUT2D eigenvalue weighted by Crippen LogP contribution is 2.29. The van der Waals surface area contributed by atoms with E-state index >= 15 is 0 Å². The number of ether oxygens (including phenoxy) is 1. The topological polar surface area (TPSA) is 47.0 Å². The number of hydrogen-bond acceptors (Lipinski definition) is 4. The normalized spacial score (nSPS) is 10.7. The number of aromatic nitrogens is 2. The van der Waals surface area contributed by atoms with E-state index in [-0.39, 0.29) is 5.92 Å². The fraction of sp³-hybridized carbons (Fsp3) is 0.286. The molecule has 0 saturated heterocycles. The SMILES string of the molecule is COc1cc(Nc2cc(Cl)nc(C(C)C)n2)ccc1Cl. The van der Waals surface area contributed by atoms with Gasteiger partial charge < -0.3 is 10.1 Å². The molecule has 0 fully saturated rings. The molecule has 0 aliphatic heterocycles. The first kappa shape index (κ1) is 14.9. The van der Waals surface area contributed by atoms with Crippen molar-refractivity contribution in [2.75, 3.05) is 12.4 Å². The zero-order valence-electron chi connectivity index (χ0n) is 11.4. The smallest absolute Gasteiger partial charge is 0.139 e. The number of nitrogens with one attached hydrogen (secondary N) is 1. The number of hydrogen-bond donors (Lipinski definition) is 1. The molecule has 0 aliphatic rings. The van der Waals surface area contributed by atoms with E-state index in [0.717, 1.165) is 5.69 Å². The number of halogens is 2. The third-order valence-corrected chi connectivity index (χ3v) is 3.16. The highest BCUT2D eigenvalue weighted by atomic mass is 35.5. The van der Waals surface area contributed by atoms with Gasteiger partial charge in [0, 0.05) is 23.7 Å². The van der Waals surface area contributed by atoms with E-state index in [2.05, 4.69) is 15.3 Å². The van der Waals surface area contributed by atoms with Gasteiger partial charge in [-0.2, -0.15) is 0 Å². The molecule has 1 aromatic heterocycles. The number of anilines is 2. The summed E-state index contributed by atoms with van der Waals surface area (Å²) < 4.78 is 5.18. The van der Waals surface area contributed by atoms with Crippen LogP contribution in [0.1, 0.15) is 25.6 Å². The summed E-state index contributed by atoms with van der Waals surface area (Å²) in [6.45, 7) is 4.03. The Kier molecular flexibility index (Phi) is 4.68. The van der Waals surface area contributed by atoms with Crippen molar-refractivity contribution < 1.29 is 4.74 Å². The molecule has 0 bridgehead atoms. The van der Waals surface area contributed by atoms with Gasteiger partial charge in [0.25, 0.3) is 0 Å². The monoisotopic (exact) mass is 311 g/mol. The Morgan fingerprint density at radius 1 is 1.15 bits per heavy atom. The Balaban J connectivity index is 2.30. The summed E-state index contributed by atoms with van der Waals surface area (Å²) in [5.74, 6) is 2.13. The van der Waals surface area contributed by atoms with Crippen molar-refractivity contribution in [1.82, 2.24) is 9.97 Å². The third kappa shape index (κ3) is 3.52. The average Bonchev–Trinajstić information content (AvgIpc) is 2.40. The van der Waals surface area contributed by atoms with Crippen LogP contribution in [0.15, 0.2) is 24.3 Å². The molecule has 2 rings (SSSR count). The molecule has 0 saturated carbocycles. The first-order valence-corrected chi connectivity index (χ1v) is 6.90. The van der Waals surface area contributed by atoms with Crippen LogP contribution in [0.3, 0.4) is 0 Å². The number of methoxy groups -OCH3 is 1. The lowest BCUT2D eigenvalue weighted by atomic mass is 10.2. The highest BCUT2D eigenvalue weighted by molar-refractivity contribution is 6.32. The average molecular weight is 312 g/mol. The van der Waals surface area contributed by atoms with Gasteiger partial charge in [-0.25, -0.2) is 9.97 Å². The molecule has 1 aromatic carbocycles. The molecule has 0 spiro atoms. The predicted octanol–water partition coefficient (Wildman–Crippen LogP) is 4.66. The Morgan fingerprint density at radius 3 is 2.55 bits per heavy atom. The van der Waals surface area contributed by atoms with Crippen molar-refractivity contribution in [3.63, 3.8) is 0 Å². The standard InChI is InChI=1S/C14H15Cl2N3O/c1-8(2)14-18-12(16)7-13(19-14)17-9-4-5-10(15)11(6-9)20-3/h4-8H,1-3H3,(H,17,18,19). The molecular formula is C14H15Cl2N3O. The van der Waals surface area contributed by atoms with Gasteiger partial charge in [-0.1, -0.05) is 37.0 Å². The van der Waals surface area contributed by atoms with Crippen molar-refractivity contribution in [2.45, 2.75) is 19.8 Å². The van der Waals surface area contributed by atoms with E-state index in [9.17, 15) is 0 Å². The minimum Gasteiger partial charge on any atom is -0.495 e. The maximum absolute atomic E-state index is 6.01. The van der Waals surface area contributed by atoms with Gasteiger partial charge in [-0.15, -0.1) is 0 Å². The van der Waals surface area contributed by atoms with Gasteiger partial charge >= 0.3 is 0 Å². The molecule has 1 N–H and O–H groups in total. The molecule has 106 valence electrons. The lowest BCUT2D eigenvalue weighted by molar-refractivity contribution is 0.415. The zero-order valence-corrected chi connectivity index (χ0v) is 13.0.